The first-order valence-corrected chi connectivity index (χ1v) is 8.20. The van der Waals surface area contributed by atoms with Crippen molar-refractivity contribution in [1.82, 2.24) is 4.98 Å². The van der Waals surface area contributed by atoms with E-state index in [0.29, 0.717) is 6.42 Å². The van der Waals surface area contributed by atoms with Crippen molar-refractivity contribution in [1.29, 1.82) is 0 Å². The number of para-hydroxylation sites is 1. The quantitative estimate of drug-likeness (QED) is 0.840. The lowest BCUT2D eigenvalue weighted by Gasteiger charge is -2.31. The molecule has 0 radical (unpaired) electrons. The van der Waals surface area contributed by atoms with E-state index in [0.717, 1.165) is 53.7 Å². The van der Waals surface area contributed by atoms with Gasteiger partial charge in [0.25, 0.3) is 0 Å². The van der Waals surface area contributed by atoms with Crippen LogP contribution in [0.4, 0.5) is 5.69 Å². The normalized spacial score (nSPS) is 15.2. The minimum atomic E-state index is 0. The number of benzene rings is 1. The standard InChI is InChI=1S/C19H24N2O.ClH.H2O/c1-4-5-10-20-18-13-8-6-7-9-14(13)21-15-11-19(2,3)12-16(22)17(15)18;;/h6-9H,4-5,10-12H2,1-3H3,(H,20,21);1H;1H2. The summed E-state index contributed by atoms with van der Waals surface area (Å²) in [4.78, 5) is 17.5. The molecule has 1 heterocycles. The maximum Gasteiger partial charge on any atom is 0.167 e. The number of Topliss-reactive ketones (excluding diaryl/α,β-unsaturated/α-hetero) is 1. The fourth-order valence-corrected chi connectivity index (χ4v) is 3.30. The second kappa shape index (κ2) is 7.95. The zero-order chi connectivity index (χ0) is 15.7. The molecule has 1 aromatic heterocycles. The molecule has 0 aliphatic heterocycles. The molecule has 1 aliphatic carbocycles. The highest BCUT2D eigenvalue weighted by molar-refractivity contribution is 6.10. The van der Waals surface area contributed by atoms with Crippen LogP contribution in [0, 0.1) is 5.41 Å². The van der Waals surface area contributed by atoms with Gasteiger partial charge in [0.1, 0.15) is 0 Å². The van der Waals surface area contributed by atoms with Gasteiger partial charge in [-0.05, 0) is 24.3 Å². The summed E-state index contributed by atoms with van der Waals surface area (Å²) in [6, 6.07) is 8.11. The number of fused-ring (bicyclic) bond motifs is 2. The first-order valence-electron chi connectivity index (χ1n) is 8.20. The van der Waals surface area contributed by atoms with Crippen molar-refractivity contribution in [3.63, 3.8) is 0 Å². The number of rotatable bonds is 4. The highest BCUT2D eigenvalue weighted by Gasteiger charge is 2.34. The third kappa shape index (κ3) is 3.87. The Hall–Kier alpha value is -1.65. The van der Waals surface area contributed by atoms with Crippen LogP contribution in [0.5, 0.6) is 0 Å². The van der Waals surface area contributed by atoms with Crippen molar-refractivity contribution >= 4 is 34.8 Å². The van der Waals surface area contributed by atoms with Gasteiger partial charge in [-0.15, -0.1) is 12.4 Å². The minimum Gasteiger partial charge on any atom is -0.412 e. The van der Waals surface area contributed by atoms with Gasteiger partial charge in [-0.1, -0.05) is 45.4 Å². The largest absolute Gasteiger partial charge is 0.412 e. The molecule has 24 heavy (non-hydrogen) atoms. The summed E-state index contributed by atoms with van der Waals surface area (Å²) in [5, 5.41) is 4.57. The number of hydrogen-bond acceptors (Lipinski definition) is 3. The van der Waals surface area contributed by atoms with Crippen molar-refractivity contribution in [2.45, 2.75) is 46.5 Å². The number of nitrogens with zero attached hydrogens (tertiary/aromatic N) is 1. The van der Waals surface area contributed by atoms with E-state index in [4.69, 9.17) is 4.98 Å². The molecule has 0 spiro atoms. The molecule has 0 bridgehead atoms. The average molecular weight is 351 g/mol. The van der Waals surface area contributed by atoms with Crippen LogP contribution < -0.4 is 5.32 Å². The highest BCUT2D eigenvalue weighted by atomic mass is 35.5. The number of nitrogens with one attached hydrogen (secondary N) is 1. The molecule has 1 aliphatic rings. The Morgan fingerprint density at radius 3 is 2.62 bits per heavy atom. The molecule has 0 atom stereocenters. The number of aromatic nitrogens is 1. The zero-order valence-corrected chi connectivity index (χ0v) is 15.4. The van der Waals surface area contributed by atoms with E-state index in [1.54, 1.807) is 0 Å². The lowest BCUT2D eigenvalue weighted by Crippen LogP contribution is -2.29. The molecule has 4 nitrogen and oxygen atoms in total. The average Bonchev–Trinajstić information content (AvgIpc) is 2.45. The summed E-state index contributed by atoms with van der Waals surface area (Å²) in [6.45, 7) is 7.37. The van der Waals surface area contributed by atoms with Gasteiger partial charge in [-0.3, -0.25) is 9.78 Å². The van der Waals surface area contributed by atoms with Gasteiger partial charge in [0.05, 0.1) is 22.5 Å². The number of pyridine rings is 1. The fourth-order valence-electron chi connectivity index (χ4n) is 3.30. The van der Waals surface area contributed by atoms with Gasteiger partial charge in [0, 0.05) is 18.4 Å². The summed E-state index contributed by atoms with van der Waals surface area (Å²) < 4.78 is 0. The van der Waals surface area contributed by atoms with Crippen LogP contribution in [0.2, 0.25) is 0 Å². The number of carbonyl (C=O) groups excluding carboxylic acids is 1. The molecule has 0 amide bonds. The van der Waals surface area contributed by atoms with Crippen LogP contribution >= 0.6 is 12.4 Å². The van der Waals surface area contributed by atoms with Crippen LogP contribution in [0.1, 0.15) is 56.1 Å². The second-order valence-electron chi connectivity index (χ2n) is 7.05. The van der Waals surface area contributed by atoms with E-state index < -0.39 is 0 Å². The number of halogens is 1. The molecular weight excluding hydrogens is 324 g/mol. The Kier molecular flexibility index (Phi) is 6.76. The van der Waals surface area contributed by atoms with E-state index >= 15 is 0 Å². The van der Waals surface area contributed by atoms with Crippen LogP contribution in [-0.2, 0) is 6.42 Å². The van der Waals surface area contributed by atoms with Gasteiger partial charge in [-0.2, -0.15) is 0 Å². The number of hydrogen-bond donors (Lipinski definition) is 1. The van der Waals surface area contributed by atoms with Crippen LogP contribution in [0.3, 0.4) is 0 Å². The predicted molar refractivity (Wildman–Crippen MR) is 102 cm³/mol. The summed E-state index contributed by atoms with van der Waals surface area (Å²) in [6.07, 6.45) is 3.70. The van der Waals surface area contributed by atoms with Crippen molar-refractivity contribution in [2.24, 2.45) is 5.41 Å². The lowest BCUT2D eigenvalue weighted by molar-refractivity contribution is 0.0911. The Labute approximate surface area is 149 Å². The van der Waals surface area contributed by atoms with E-state index in [9.17, 15) is 4.79 Å². The van der Waals surface area contributed by atoms with E-state index in [2.05, 4.69) is 32.2 Å². The molecule has 0 fully saturated rings. The minimum absolute atomic E-state index is 0. The Balaban J connectivity index is 0.00000144. The molecule has 3 rings (SSSR count). The van der Waals surface area contributed by atoms with Gasteiger partial charge in [-0.25, -0.2) is 0 Å². The second-order valence-corrected chi connectivity index (χ2v) is 7.05. The van der Waals surface area contributed by atoms with Crippen LogP contribution in [0.15, 0.2) is 24.3 Å². The highest BCUT2D eigenvalue weighted by Crippen LogP contribution is 2.39. The van der Waals surface area contributed by atoms with E-state index in [1.165, 1.54) is 0 Å². The third-order valence-electron chi connectivity index (χ3n) is 4.36. The maximum absolute atomic E-state index is 12.7. The molecule has 132 valence electrons. The summed E-state index contributed by atoms with van der Waals surface area (Å²) in [5.41, 5.74) is 3.76. The summed E-state index contributed by atoms with van der Waals surface area (Å²) in [7, 11) is 0. The summed E-state index contributed by atoms with van der Waals surface area (Å²) in [5.74, 6) is 0.225. The Bertz CT molecular complexity index is 729. The molecule has 0 saturated heterocycles. The molecule has 3 N–H and O–H groups in total. The number of anilines is 1. The summed E-state index contributed by atoms with van der Waals surface area (Å²) >= 11 is 0. The molecule has 1 aromatic carbocycles. The van der Waals surface area contributed by atoms with Gasteiger partial charge >= 0.3 is 0 Å². The topological polar surface area (TPSA) is 73.5 Å². The SMILES string of the molecule is CCCCNc1c2c(nc3ccccc13)CC(C)(C)CC2=O.Cl.O. The van der Waals surface area contributed by atoms with Gasteiger partial charge < -0.3 is 10.8 Å². The Morgan fingerprint density at radius 2 is 1.92 bits per heavy atom. The number of unbranched alkanes of at least 4 members (excludes halogenated alkanes) is 1. The smallest absolute Gasteiger partial charge is 0.167 e. The van der Waals surface area contributed by atoms with Crippen molar-refractivity contribution in [3.05, 3.63) is 35.5 Å². The van der Waals surface area contributed by atoms with Crippen LogP contribution in [0.25, 0.3) is 10.9 Å². The van der Waals surface area contributed by atoms with E-state index in [1.807, 2.05) is 18.2 Å². The van der Waals surface area contributed by atoms with Gasteiger partial charge in [0.2, 0.25) is 0 Å². The first-order chi connectivity index (χ1) is 10.5. The molecule has 2 aromatic rings. The fraction of sp³-hybridized carbons (Fsp3) is 0.474. The van der Waals surface area contributed by atoms with E-state index in [-0.39, 0.29) is 29.1 Å². The lowest BCUT2D eigenvalue weighted by atomic mass is 9.75. The molecule has 0 unspecified atom stereocenters. The zero-order valence-electron chi connectivity index (χ0n) is 14.6. The Morgan fingerprint density at radius 1 is 1.21 bits per heavy atom. The molecule has 0 saturated carbocycles. The molecule has 5 heteroatoms. The van der Waals surface area contributed by atoms with Crippen molar-refractivity contribution in [2.75, 3.05) is 11.9 Å². The number of ketones is 1. The predicted octanol–water partition coefficient (Wildman–Crippen LogP) is 4.20. The van der Waals surface area contributed by atoms with Gasteiger partial charge in [0.15, 0.2) is 5.78 Å². The monoisotopic (exact) mass is 350 g/mol. The number of carbonyl (C=O) groups is 1. The van der Waals surface area contributed by atoms with Crippen molar-refractivity contribution < 1.29 is 10.3 Å². The molecular formula is C19H27ClN2O2. The first kappa shape index (κ1) is 20.4. The van der Waals surface area contributed by atoms with Crippen LogP contribution in [-0.4, -0.2) is 22.8 Å². The maximum atomic E-state index is 12.7. The third-order valence-corrected chi connectivity index (χ3v) is 4.36. The van der Waals surface area contributed by atoms with Crippen molar-refractivity contribution in [3.8, 4) is 0 Å².